The largest absolute Gasteiger partial charge is 0.488 e. The van der Waals surface area contributed by atoms with Gasteiger partial charge in [-0.25, -0.2) is 0 Å². The second-order valence-electron chi connectivity index (χ2n) is 3.99. The van der Waals surface area contributed by atoms with Crippen molar-refractivity contribution in [1.29, 1.82) is 0 Å². The molecule has 0 aromatic heterocycles. The lowest BCUT2D eigenvalue weighted by Crippen LogP contribution is -2.11. The van der Waals surface area contributed by atoms with Crippen molar-refractivity contribution in [3.63, 3.8) is 0 Å². The van der Waals surface area contributed by atoms with Crippen LogP contribution in [0.5, 0.6) is 5.75 Å². The Morgan fingerprint density at radius 3 is 3.13 bits per heavy atom. The summed E-state index contributed by atoms with van der Waals surface area (Å²) in [5.74, 6) is 1.27. The molecule has 1 N–H and O–H groups in total. The number of aliphatic hydroxyl groups is 1. The topological polar surface area (TPSA) is 29.5 Å². The Kier molecular flexibility index (Phi) is 2.11. The number of aliphatic hydroxyl groups excluding tert-OH is 1. The molecular weight excluding hydrogens is 256 g/mol. The second kappa shape index (κ2) is 3.35. The minimum atomic E-state index is 0.0327. The van der Waals surface area contributed by atoms with E-state index < -0.39 is 0 Å². The molecule has 1 aromatic rings. The van der Waals surface area contributed by atoms with Crippen LogP contribution in [0.25, 0.3) is 0 Å². The Morgan fingerprint density at radius 2 is 2.33 bits per heavy atom. The molecule has 0 saturated carbocycles. The van der Waals surface area contributed by atoms with Gasteiger partial charge in [0, 0.05) is 27.9 Å². The summed E-state index contributed by atoms with van der Waals surface area (Å²) < 4.78 is 6.87. The van der Waals surface area contributed by atoms with Gasteiger partial charge in [-0.3, -0.25) is 0 Å². The average Bonchev–Trinajstić information content (AvgIpc) is 2.77. The van der Waals surface area contributed by atoms with Gasteiger partial charge in [0.1, 0.15) is 11.9 Å². The molecular formula is C12H11BrO2. The maximum atomic E-state index is 9.27. The van der Waals surface area contributed by atoms with E-state index in [0.717, 1.165) is 22.2 Å². The molecule has 0 saturated heterocycles. The molecule has 0 radical (unpaired) electrons. The molecule has 3 rings (SSSR count). The van der Waals surface area contributed by atoms with Crippen molar-refractivity contribution in [2.45, 2.75) is 25.0 Å². The van der Waals surface area contributed by atoms with Crippen LogP contribution in [0.3, 0.4) is 0 Å². The molecule has 3 heteroatoms. The summed E-state index contributed by atoms with van der Waals surface area (Å²) >= 11 is 3.46. The molecule has 2 unspecified atom stereocenters. The van der Waals surface area contributed by atoms with Gasteiger partial charge in [0.2, 0.25) is 0 Å². The van der Waals surface area contributed by atoms with Gasteiger partial charge < -0.3 is 9.84 Å². The van der Waals surface area contributed by atoms with E-state index in [1.54, 1.807) is 0 Å². The van der Waals surface area contributed by atoms with Gasteiger partial charge in [-0.2, -0.15) is 0 Å². The summed E-state index contributed by atoms with van der Waals surface area (Å²) in [5.41, 5.74) is 2.08. The standard InChI is InChI=1S/C12H11BrO2/c13-8-4-7(6-14)12-10(5-8)9-2-1-3-11(9)15-12/h1-2,4-5,9,11,14H,3,6H2. The van der Waals surface area contributed by atoms with Gasteiger partial charge in [0.05, 0.1) is 6.61 Å². The molecule has 1 aromatic carbocycles. The van der Waals surface area contributed by atoms with Crippen molar-refractivity contribution in [2.24, 2.45) is 0 Å². The Bertz CT molecular complexity index is 439. The molecule has 78 valence electrons. The van der Waals surface area contributed by atoms with Crippen LogP contribution < -0.4 is 4.74 Å². The van der Waals surface area contributed by atoms with Crippen molar-refractivity contribution in [1.82, 2.24) is 0 Å². The summed E-state index contributed by atoms with van der Waals surface area (Å²) in [5, 5.41) is 9.27. The minimum Gasteiger partial charge on any atom is -0.488 e. The van der Waals surface area contributed by atoms with Gasteiger partial charge in [-0.1, -0.05) is 28.1 Å². The van der Waals surface area contributed by atoms with E-state index in [0.29, 0.717) is 5.92 Å². The first kappa shape index (κ1) is 9.43. The van der Waals surface area contributed by atoms with Gasteiger partial charge in [-0.15, -0.1) is 0 Å². The summed E-state index contributed by atoms with van der Waals surface area (Å²) in [6.07, 6.45) is 5.59. The van der Waals surface area contributed by atoms with Gasteiger partial charge >= 0.3 is 0 Å². The average molecular weight is 267 g/mol. The number of rotatable bonds is 1. The van der Waals surface area contributed by atoms with Gasteiger partial charge in [0.15, 0.2) is 0 Å². The van der Waals surface area contributed by atoms with Crippen LogP contribution in [0, 0.1) is 0 Å². The highest BCUT2D eigenvalue weighted by molar-refractivity contribution is 9.10. The van der Waals surface area contributed by atoms with E-state index in [9.17, 15) is 5.11 Å². The molecule has 1 aliphatic carbocycles. The molecule has 15 heavy (non-hydrogen) atoms. The molecule has 1 heterocycles. The highest BCUT2D eigenvalue weighted by atomic mass is 79.9. The van der Waals surface area contributed by atoms with E-state index in [-0.39, 0.29) is 12.7 Å². The van der Waals surface area contributed by atoms with Crippen LogP contribution in [0.15, 0.2) is 28.8 Å². The smallest absolute Gasteiger partial charge is 0.129 e. The number of benzene rings is 1. The normalized spacial score (nSPS) is 26.3. The van der Waals surface area contributed by atoms with Crippen molar-refractivity contribution < 1.29 is 9.84 Å². The van der Waals surface area contributed by atoms with E-state index in [2.05, 4.69) is 34.1 Å². The quantitative estimate of drug-likeness (QED) is 0.793. The Labute approximate surface area is 96.7 Å². The number of halogens is 1. The van der Waals surface area contributed by atoms with Crippen molar-refractivity contribution in [3.8, 4) is 5.75 Å². The fourth-order valence-corrected chi connectivity index (χ4v) is 2.91. The number of hydrogen-bond donors (Lipinski definition) is 1. The summed E-state index contributed by atoms with van der Waals surface area (Å²) in [6.45, 7) is 0.0327. The van der Waals surface area contributed by atoms with E-state index in [1.807, 2.05) is 6.07 Å². The number of fused-ring (bicyclic) bond motifs is 3. The van der Waals surface area contributed by atoms with Crippen molar-refractivity contribution in [2.75, 3.05) is 0 Å². The van der Waals surface area contributed by atoms with Crippen LogP contribution >= 0.6 is 15.9 Å². The SMILES string of the molecule is OCc1cc(Br)cc2c1OC1CC=CC21. The maximum absolute atomic E-state index is 9.27. The number of hydrogen-bond acceptors (Lipinski definition) is 2. The molecule has 2 nitrogen and oxygen atoms in total. The van der Waals surface area contributed by atoms with Gasteiger partial charge in [-0.05, 0) is 12.1 Å². The van der Waals surface area contributed by atoms with Crippen LogP contribution in [0.4, 0.5) is 0 Å². The third-order valence-corrected chi connectivity index (χ3v) is 3.53. The third kappa shape index (κ3) is 1.34. The summed E-state index contributed by atoms with van der Waals surface area (Å²) in [7, 11) is 0. The number of ether oxygens (including phenoxy) is 1. The molecule has 0 bridgehead atoms. The van der Waals surface area contributed by atoms with Crippen LogP contribution in [0.1, 0.15) is 23.5 Å². The maximum Gasteiger partial charge on any atom is 0.129 e. The lowest BCUT2D eigenvalue weighted by Gasteiger charge is -2.09. The molecule has 2 atom stereocenters. The summed E-state index contributed by atoms with van der Waals surface area (Å²) in [4.78, 5) is 0. The molecule has 2 aliphatic rings. The highest BCUT2D eigenvalue weighted by Gasteiger charge is 2.36. The van der Waals surface area contributed by atoms with E-state index in [1.165, 1.54) is 5.56 Å². The van der Waals surface area contributed by atoms with E-state index in [4.69, 9.17) is 4.74 Å². The van der Waals surface area contributed by atoms with Crippen molar-refractivity contribution >= 4 is 15.9 Å². The molecule has 0 amide bonds. The zero-order valence-electron chi connectivity index (χ0n) is 8.11. The summed E-state index contributed by atoms with van der Waals surface area (Å²) in [6, 6.07) is 4.01. The lowest BCUT2D eigenvalue weighted by atomic mass is 9.97. The third-order valence-electron chi connectivity index (χ3n) is 3.07. The first-order valence-electron chi connectivity index (χ1n) is 5.06. The zero-order valence-corrected chi connectivity index (χ0v) is 9.70. The fraction of sp³-hybridized carbons (Fsp3) is 0.333. The Hall–Kier alpha value is -0.800. The van der Waals surface area contributed by atoms with Crippen LogP contribution in [0.2, 0.25) is 0 Å². The lowest BCUT2D eigenvalue weighted by molar-refractivity contribution is 0.220. The predicted molar refractivity (Wildman–Crippen MR) is 61.0 cm³/mol. The molecule has 0 fully saturated rings. The predicted octanol–water partition coefficient (Wildman–Crippen LogP) is 2.75. The monoisotopic (exact) mass is 266 g/mol. The fourth-order valence-electron chi connectivity index (χ4n) is 2.39. The Balaban J connectivity index is 2.16. The molecule has 0 spiro atoms. The van der Waals surface area contributed by atoms with E-state index >= 15 is 0 Å². The van der Waals surface area contributed by atoms with Crippen molar-refractivity contribution in [3.05, 3.63) is 39.9 Å². The molecule has 1 aliphatic heterocycles. The first-order valence-corrected chi connectivity index (χ1v) is 5.85. The van der Waals surface area contributed by atoms with Crippen LogP contribution in [-0.2, 0) is 6.61 Å². The van der Waals surface area contributed by atoms with Gasteiger partial charge in [0.25, 0.3) is 0 Å². The first-order chi connectivity index (χ1) is 7.29. The second-order valence-corrected chi connectivity index (χ2v) is 4.90. The Morgan fingerprint density at radius 1 is 1.47 bits per heavy atom. The minimum absolute atomic E-state index is 0.0327. The van der Waals surface area contributed by atoms with Crippen LogP contribution in [-0.4, -0.2) is 11.2 Å². The zero-order chi connectivity index (χ0) is 10.4. The highest BCUT2D eigenvalue weighted by Crippen LogP contribution is 2.46.